The summed E-state index contributed by atoms with van der Waals surface area (Å²) in [7, 11) is 0. The van der Waals surface area contributed by atoms with Crippen molar-refractivity contribution >= 4 is 11.9 Å². The summed E-state index contributed by atoms with van der Waals surface area (Å²) in [5.74, 6) is -1.34. The van der Waals surface area contributed by atoms with Gasteiger partial charge in [0, 0.05) is 6.20 Å². The van der Waals surface area contributed by atoms with Gasteiger partial charge in [0.25, 0.3) is 5.91 Å². The van der Waals surface area contributed by atoms with E-state index in [1.165, 1.54) is 6.20 Å². The van der Waals surface area contributed by atoms with E-state index < -0.39 is 12.0 Å². The summed E-state index contributed by atoms with van der Waals surface area (Å²) < 4.78 is 1.60. The van der Waals surface area contributed by atoms with E-state index in [1.807, 2.05) is 48.5 Å². The maximum atomic E-state index is 12.5. The van der Waals surface area contributed by atoms with Gasteiger partial charge in [-0.1, -0.05) is 48.5 Å². The molecule has 1 unspecified atom stereocenters. The first kappa shape index (κ1) is 16.4. The topological polar surface area (TPSA) is 84.2 Å². The minimum Gasteiger partial charge on any atom is -0.481 e. The number of para-hydroxylation sites is 1. The van der Waals surface area contributed by atoms with Gasteiger partial charge >= 0.3 is 5.97 Å². The molecule has 3 rings (SSSR count). The lowest BCUT2D eigenvalue weighted by atomic mass is 10.0. The minimum absolute atomic E-state index is 0.192. The molecule has 0 fully saturated rings. The fourth-order valence-corrected chi connectivity index (χ4v) is 2.52. The van der Waals surface area contributed by atoms with Gasteiger partial charge in [0.2, 0.25) is 0 Å². The van der Waals surface area contributed by atoms with Gasteiger partial charge in [-0.15, -0.1) is 0 Å². The maximum absolute atomic E-state index is 12.5. The summed E-state index contributed by atoms with van der Waals surface area (Å²) in [6.07, 6.45) is 2.89. The molecule has 1 aromatic heterocycles. The summed E-state index contributed by atoms with van der Waals surface area (Å²) in [4.78, 5) is 23.6. The Morgan fingerprint density at radius 3 is 2.32 bits per heavy atom. The number of rotatable bonds is 6. The highest BCUT2D eigenvalue weighted by molar-refractivity contribution is 5.94. The summed E-state index contributed by atoms with van der Waals surface area (Å²) in [6, 6.07) is 17.9. The molecule has 3 aromatic rings. The van der Waals surface area contributed by atoms with Crippen LogP contribution in [0.2, 0.25) is 0 Å². The van der Waals surface area contributed by atoms with Gasteiger partial charge in [-0.25, -0.2) is 4.68 Å². The Bertz CT molecular complexity index is 860. The molecule has 0 bridgehead atoms. The second-order valence-corrected chi connectivity index (χ2v) is 5.54. The quantitative estimate of drug-likeness (QED) is 0.725. The fourth-order valence-electron chi connectivity index (χ4n) is 2.52. The number of nitrogens with one attached hydrogen (secondary N) is 1. The first-order chi connectivity index (χ1) is 12.1. The lowest BCUT2D eigenvalue weighted by Gasteiger charge is -2.16. The second kappa shape index (κ2) is 7.44. The number of aliphatic carboxylic acids is 1. The van der Waals surface area contributed by atoms with E-state index in [1.54, 1.807) is 23.0 Å². The summed E-state index contributed by atoms with van der Waals surface area (Å²) in [6.45, 7) is 0. The molecule has 0 spiro atoms. The van der Waals surface area contributed by atoms with E-state index in [4.69, 9.17) is 5.11 Å². The van der Waals surface area contributed by atoms with Crippen LogP contribution in [-0.2, 0) is 4.79 Å². The number of carboxylic acids is 1. The van der Waals surface area contributed by atoms with Crippen LogP contribution in [-0.4, -0.2) is 26.8 Å². The van der Waals surface area contributed by atoms with Crippen molar-refractivity contribution in [2.24, 2.45) is 0 Å². The molecule has 6 nitrogen and oxygen atoms in total. The number of hydrogen-bond acceptors (Lipinski definition) is 3. The summed E-state index contributed by atoms with van der Waals surface area (Å²) >= 11 is 0. The number of carboxylic acid groups (broad SMARTS) is 1. The molecule has 0 aliphatic heterocycles. The molecule has 6 heteroatoms. The monoisotopic (exact) mass is 335 g/mol. The van der Waals surface area contributed by atoms with Gasteiger partial charge in [0.15, 0.2) is 0 Å². The molecule has 0 aliphatic rings. The van der Waals surface area contributed by atoms with Crippen LogP contribution in [0.1, 0.15) is 28.4 Å². The van der Waals surface area contributed by atoms with Crippen molar-refractivity contribution in [1.29, 1.82) is 0 Å². The van der Waals surface area contributed by atoms with Crippen molar-refractivity contribution < 1.29 is 14.7 Å². The molecule has 2 aromatic carbocycles. The highest BCUT2D eigenvalue weighted by Crippen LogP contribution is 2.17. The predicted octanol–water partition coefficient (Wildman–Crippen LogP) is 2.82. The highest BCUT2D eigenvalue weighted by Gasteiger charge is 2.19. The molecule has 1 heterocycles. The Hall–Kier alpha value is -3.41. The second-order valence-electron chi connectivity index (χ2n) is 5.54. The van der Waals surface area contributed by atoms with Gasteiger partial charge < -0.3 is 10.4 Å². The van der Waals surface area contributed by atoms with Crippen LogP contribution >= 0.6 is 0 Å². The summed E-state index contributed by atoms with van der Waals surface area (Å²) in [5.41, 5.74) is 1.95. The molecule has 2 N–H and O–H groups in total. The largest absolute Gasteiger partial charge is 0.481 e. The SMILES string of the molecule is O=C(O)CC(NC(=O)c1cnn(-c2ccccc2)c1)c1ccccc1. The maximum Gasteiger partial charge on any atom is 0.305 e. The van der Waals surface area contributed by atoms with Crippen LogP contribution in [0.5, 0.6) is 0 Å². The van der Waals surface area contributed by atoms with Crippen LogP contribution in [0, 0.1) is 0 Å². The molecule has 0 aliphatic carbocycles. The van der Waals surface area contributed by atoms with Crippen LogP contribution in [0.15, 0.2) is 73.1 Å². The first-order valence-corrected chi connectivity index (χ1v) is 7.81. The number of carbonyl (C=O) groups excluding carboxylic acids is 1. The van der Waals surface area contributed by atoms with Crippen LogP contribution in [0.4, 0.5) is 0 Å². The minimum atomic E-state index is -0.978. The first-order valence-electron chi connectivity index (χ1n) is 7.81. The zero-order valence-electron chi connectivity index (χ0n) is 13.4. The molecule has 126 valence electrons. The number of nitrogens with zero attached hydrogens (tertiary/aromatic N) is 2. The average Bonchev–Trinajstić information content (AvgIpc) is 3.12. The smallest absolute Gasteiger partial charge is 0.305 e. The molecule has 1 atom stereocenters. The van der Waals surface area contributed by atoms with Crippen molar-refractivity contribution in [3.8, 4) is 5.69 Å². The normalized spacial score (nSPS) is 11.7. The predicted molar refractivity (Wildman–Crippen MR) is 92.5 cm³/mol. The molecular weight excluding hydrogens is 318 g/mol. The van der Waals surface area contributed by atoms with E-state index in [0.717, 1.165) is 11.3 Å². The van der Waals surface area contributed by atoms with E-state index >= 15 is 0 Å². The zero-order chi connectivity index (χ0) is 17.6. The fraction of sp³-hybridized carbons (Fsp3) is 0.105. The van der Waals surface area contributed by atoms with Crippen LogP contribution in [0.25, 0.3) is 5.69 Å². The Labute approximate surface area is 144 Å². The number of aromatic nitrogens is 2. The molecule has 0 radical (unpaired) electrons. The van der Waals surface area contributed by atoms with Gasteiger partial charge in [0.05, 0.1) is 29.9 Å². The van der Waals surface area contributed by atoms with Gasteiger partial charge in [-0.3, -0.25) is 9.59 Å². The van der Waals surface area contributed by atoms with Gasteiger partial charge in [-0.05, 0) is 17.7 Å². The standard InChI is InChI=1S/C19H17N3O3/c23-18(24)11-17(14-7-3-1-4-8-14)21-19(25)15-12-20-22(13-15)16-9-5-2-6-10-16/h1-10,12-13,17H,11H2,(H,21,25)(H,23,24). The third-order valence-electron chi connectivity index (χ3n) is 3.75. The summed E-state index contributed by atoms with van der Waals surface area (Å²) in [5, 5.41) is 16.1. The van der Waals surface area contributed by atoms with Crippen molar-refractivity contribution in [2.75, 3.05) is 0 Å². The lowest BCUT2D eigenvalue weighted by Crippen LogP contribution is -2.30. The number of amides is 1. The molecule has 1 amide bonds. The third-order valence-corrected chi connectivity index (χ3v) is 3.75. The Kier molecular flexibility index (Phi) is 4.89. The van der Waals surface area contributed by atoms with Crippen molar-refractivity contribution in [2.45, 2.75) is 12.5 Å². The van der Waals surface area contributed by atoms with E-state index in [2.05, 4.69) is 10.4 Å². The lowest BCUT2D eigenvalue weighted by molar-refractivity contribution is -0.137. The Morgan fingerprint density at radius 2 is 1.68 bits per heavy atom. The van der Waals surface area contributed by atoms with Crippen molar-refractivity contribution in [3.63, 3.8) is 0 Å². The molecule has 25 heavy (non-hydrogen) atoms. The molecular formula is C19H17N3O3. The number of hydrogen-bond donors (Lipinski definition) is 2. The van der Waals surface area contributed by atoms with Gasteiger partial charge in [0.1, 0.15) is 0 Å². The van der Waals surface area contributed by atoms with E-state index in [0.29, 0.717) is 5.56 Å². The zero-order valence-corrected chi connectivity index (χ0v) is 13.4. The Morgan fingerprint density at radius 1 is 1.04 bits per heavy atom. The highest BCUT2D eigenvalue weighted by atomic mass is 16.4. The van der Waals surface area contributed by atoms with Crippen molar-refractivity contribution in [1.82, 2.24) is 15.1 Å². The van der Waals surface area contributed by atoms with Crippen LogP contribution < -0.4 is 5.32 Å². The van der Waals surface area contributed by atoms with Gasteiger partial charge in [-0.2, -0.15) is 5.10 Å². The molecule has 0 saturated carbocycles. The number of carbonyl (C=O) groups is 2. The van der Waals surface area contributed by atoms with E-state index in [9.17, 15) is 9.59 Å². The average molecular weight is 335 g/mol. The van der Waals surface area contributed by atoms with Crippen LogP contribution in [0.3, 0.4) is 0 Å². The molecule has 0 saturated heterocycles. The Balaban J connectivity index is 1.78. The number of benzene rings is 2. The van der Waals surface area contributed by atoms with Crippen molar-refractivity contribution in [3.05, 3.63) is 84.2 Å². The van der Waals surface area contributed by atoms with E-state index in [-0.39, 0.29) is 12.3 Å². The third kappa shape index (κ3) is 4.11.